The van der Waals surface area contributed by atoms with E-state index in [-0.39, 0.29) is 5.41 Å². The van der Waals surface area contributed by atoms with Gasteiger partial charge in [0, 0.05) is 18.0 Å². The van der Waals surface area contributed by atoms with E-state index in [9.17, 15) is 4.79 Å². The monoisotopic (exact) mass is 487 g/mol. The molecule has 1 unspecified atom stereocenters. The lowest BCUT2D eigenvalue weighted by Crippen LogP contribution is -2.26. The van der Waals surface area contributed by atoms with E-state index < -0.39 is 5.97 Å². The van der Waals surface area contributed by atoms with Gasteiger partial charge >= 0.3 is 5.97 Å². The molecule has 3 nitrogen and oxygen atoms in total. The number of allylic oxidation sites excluding steroid dienone is 4. The van der Waals surface area contributed by atoms with Crippen LogP contribution in [0.3, 0.4) is 0 Å². The Hall–Kier alpha value is -2.68. The predicted molar refractivity (Wildman–Crippen MR) is 151 cm³/mol. The van der Waals surface area contributed by atoms with Gasteiger partial charge in [-0.25, -0.2) is 0 Å². The Morgan fingerprint density at radius 1 is 0.889 bits per heavy atom. The molecule has 194 valence electrons. The molecule has 36 heavy (non-hydrogen) atoms. The average Bonchev–Trinajstić information content (AvgIpc) is 2.91. The highest BCUT2D eigenvalue weighted by molar-refractivity contribution is 5.75. The van der Waals surface area contributed by atoms with Crippen LogP contribution in [0, 0.1) is 0 Å². The number of aromatic nitrogens is 1. The van der Waals surface area contributed by atoms with Gasteiger partial charge < -0.3 is 5.11 Å². The normalized spacial score (nSPS) is 17.2. The van der Waals surface area contributed by atoms with Crippen LogP contribution in [0.2, 0.25) is 0 Å². The third kappa shape index (κ3) is 9.08. The Labute approximate surface area is 218 Å². The number of hydrogen-bond donors (Lipinski definition) is 1. The number of unbranched alkanes of at least 4 members (excludes halogenated alkanes) is 9. The molecule has 0 bridgehead atoms. The summed E-state index contributed by atoms with van der Waals surface area (Å²) in [6.07, 6.45) is 25.7. The SMILES string of the molecule is CCCCCCCc1ccc(C2(CCCCCCCCC(=O)O)C=CC(c3ccccc3)=CC2)nc1. The van der Waals surface area contributed by atoms with Crippen LogP contribution >= 0.6 is 0 Å². The largest absolute Gasteiger partial charge is 0.481 e. The Balaban J connectivity index is 1.60. The minimum Gasteiger partial charge on any atom is -0.481 e. The fourth-order valence-electron chi connectivity index (χ4n) is 5.25. The maximum atomic E-state index is 10.7. The number of pyridine rings is 1. The first kappa shape index (κ1) is 27.9. The molecule has 1 aromatic heterocycles. The summed E-state index contributed by atoms with van der Waals surface area (Å²) in [7, 11) is 0. The third-order valence-corrected chi connectivity index (χ3v) is 7.54. The lowest BCUT2D eigenvalue weighted by Gasteiger charge is -2.32. The van der Waals surface area contributed by atoms with Gasteiger partial charge in [0.15, 0.2) is 0 Å². The van der Waals surface area contributed by atoms with Crippen molar-refractivity contribution in [2.45, 2.75) is 109 Å². The second-order valence-corrected chi connectivity index (χ2v) is 10.5. The van der Waals surface area contributed by atoms with Gasteiger partial charge in [0.2, 0.25) is 0 Å². The summed E-state index contributed by atoms with van der Waals surface area (Å²) in [5.74, 6) is -0.682. The van der Waals surface area contributed by atoms with Crippen molar-refractivity contribution in [3.8, 4) is 0 Å². The maximum absolute atomic E-state index is 10.7. The van der Waals surface area contributed by atoms with E-state index in [0.717, 1.165) is 38.5 Å². The van der Waals surface area contributed by atoms with Crippen molar-refractivity contribution in [1.82, 2.24) is 4.98 Å². The first-order valence-corrected chi connectivity index (χ1v) is 14.2. The van der Waals surface area contributed by atoms with Gasteiger partial charge in [0.25, 0.3) is 0 Å². The molecule has 1 aromatic carbocycles. The van der Waals surface area contributed by atoms with Crippen LogP contribution in [-0.2, 0) is 16.6 Å². The summed E-state index contributed by atoms with van der Waals surface area (Å²) < 4.78 is 0. The van der Waals surface area contributed by atoms with Crippen LogP contribution < -0.4 is 0 Å². The van der Waals surface area contributed by atoms with E-state index in [0.29, 0.717) is 6.42 Å². The zero-order valence-electron chi connectivity index (χ0n) is 22.3. The number of aliphatic carboxylic acids is 1. The Kier molecular flexibility index (Phi) is 12.0. The fourth-order valence-corrected chi connectivity index (χ4v) is 5.25. The van der Waals surface area contributed by atoms with Crippen molar-refractivity contribution in [2.24, 2.45) is 0 Å². The van der Waals surface area contributed by atoms with Gasteiger partial charge in [0.05, 0.1) is 5.69 Å². The van der Waals surface area contributed by atoms with Crippen LogP contribution in [-0.4, -0.2) is 16.1 Å². The fraction of sp³-hybridized carbons (Fsp3) is 0.515. The van der Waals surface area contributed by atoms with Crippen molar-refractivity contribution >= 4 is 11.5 Å². The van der Waals surface area contributed by atoms with Gasteiger partial charge in [-0.15, -0.1) is 0 Å². The van der Waals surface area contributed by atoms with Crippen molar-refractivity contribution < 1.29 is 9.90 Å². The molecule has 3 rings (SSSR count). The average molecular weight is 488 g/mol. The van der Waals surface area contributed by atoms with Gasteiger partial charge in [0.1, 0.15) is 0 Å². The molecule has 0 fully saturated rings. The number of carboxylic acids is 1. The van der Waals surface area contributed by atoms with Crippen molar-refractivity contribution in [3.63, 3.8) is 0 Å². The standard InChI is InChI=1S/C33H45NO2/c1-2-3-4-7-11-16-28-20-21-31(34-27-28)33(24-15-9-6-5-8-14-19-32(35)36)25-22-30(23-26-33)29-17-12-10-13-18-29/h10,12-13,17-18,20-23,25,27H,2-9,11,14-16,19,24,26H2,1H3,(H,35,36). The molecule has 1 aliphatic rings. The van der Waals surface area contributed by atoms with Crippen LogP contribution in [0.5, 0.6) is 0 Å². The first-order chi connectivity index (χ1) is 17.6. The van der Waals surface area contributed by atoms with Gasteiger partial charge in [-0.3, -0.25) is 9.78 Å². The van der Waals surface area contributed by atoms with Crippen molar-refractivity contribution in [1.29, 1.82) is 0 Å². The molecular formula is C33H45NO2. The molecule has 0 saturated heterocycles. The molecule has 0 aliphatic heterocycles. The Morgan fingerprint density at radius 3 is 2.28 bits per heavy atom. The van der Waals surface area contributed by atoms with Gasteiger partial charge in [-0.2, -0.15) is 0 Å². The summed E-state index contributed by atoms with van der Waals surface area (Å²) in [4.78, 5) is 15.7. The van der Waals surface area contributed by atoms with E-state index in [1.807, 2.05) is 0 Å². The van der Waals surface area contributed by atoms with E-state index in [2.05, 4.69) is 73.8 Å². The molecule has 1 atom stereocenters. The van der Waals surface area contributed by atoms with E-state index in [1.165, 1.54) is 73.8 Å². The highest BCUT2D eigenvalue weighted by Crippen LogP contribution is 2.40. The number of carboxylic acid groups (broad SMARTS) is 1. The number of aryl methyl sites for hydroxylation is 1. The molecule has 1 N–H and O–H groups in total. The van der Waals surface area contributed by atoms with Crippen LogP contribution in [0.25, 0.3) is 5.57 Å². The molecular weight excluding hydrogens is 442 g/mol. The zero-order chi connectivity index (χ0) is 25.5. The van der Waals surface area contributed by atoms with E-state index in [1.54, 1.807) is 0 Å². The summed E-state index contributed by atoms with van der Waals surface area (Å²) >= 11 is 0. The number of hydrogen-bond acceptors (Lipinski definition) is 2. The van der Waals surface area contributed by atoms with E-state index >= 15 is 0 Å². The second kappa shape index (κ2) is 15.4. The molecule has 3 heteroatoms. The minimum absolute atomic E-state index is 0.0404. The van der Waals surface area contributed by atoms with Crippen molar-refractivity contribution in [3.05, 3.63) is 83.7 Å². The van der Waals surface area contributed by atoms with Gasteiger partial charge in [-0.1, -0.05) is 119 Å². The summed E-state index contributed by atoms with van der Waals surface area (Å²) in [5, 5.41) is 8.80. The number of rotatable bonds is 17. The lowest BCUT2D eigenvalue weighted by atomic mass is 9.72. The smallest absolute Gasteiger partial charge is 0.303 e. The maximum Gasteiger partial charge on any atom is 0.303 e. The highest BCUT2D eigenvalue weighted by atomic mass is 16.4. The second-order valence-electron chi connectivity index (χ2n) is 10.5. The molecule has 0 saturated carbocycles. The number of nitrogens with zero attached hydrogens (tertiary/aromatic N) is 1. The minimum atomic E-state index is -0.682. The molecule has 0 radical (unpaired) electrons. The molecule has 0 amide bonds. The number of carbonyl (C=O) groups is 1. The van der Waals surface area contributed by atoms with Crippen LogP contribution in [0.4, 0.5) is 0 Å². The van der Waals surface area contributed by atoms with Gasteiger partial charge in [-0.05, 0) is 54.9 Å². The summed E-state index contributed by atoms with van der Waals surface area (Å²) in [5.41, 5.74) is 5.08. The summed E-state index contributed by atoms with van der Waals surface area (Å²) in [6.45, 7) is 2.26. The van der Waals surface area contributed by atoms with Crippen LogP contribution in [0.15, 0.2) is 66.9 Å². The summed E-state index contributed by atoms with van der Waals surface area (Å²) in [6, 6.07) is 15.2. The lowest BCUT2D eigenvalue weighted by molar-refractivity contribution is -0.137. The highest BCUT2D eigenvalue weighted by Gasteiger charge is 2.31. The quantitative estimate of drug-likeness (QED) is 0.226. The Morgan fingerprint density at radius 2 is 1.61 bits per heavy atom. The van der Waals surface area contributed by atoms with E-state index in [4.69, 9.17) is 10.1 Å². The molecule has 1 heterocycles. The third-order valence-electron chi connectivity index (χ3n) is 7.54. The zero-order valence-corrected chi connectivity index (χ0v) is 22.3. The molecule has 1 aliphatic carbocycles. The number of benzene rings is 1. The van der Waals surface area contributed by atoms with Crippen LogP contribution in [0.1, 0.15) is 114 Å². The topological polar surface area (TPSA) is 50.2 Å². The predicted octanol–water partition coefficient (Wildman–Crippen LogP) is 9.08. The molecule has 2 aromatic rings. The first-order valence-electron chi connectivity index (χ1n) is 14.2. The Bertz CT molecular complexity index is 961. The van der Waals surface area contributed by atoms with Crippen molar-refractivity contribution in [2.75, 3.05) is 0 Å². The molecule has 0 spiro atoms.